The number of nitrogens with zero attached hydrogens (tertiary/aromatic N) is 1. The number of rotatable bonds is 3. The molecule has 1 heterocycles. The fourth-order valence-corrected chi connectivity index (χ4v) is 1.58. The molecule has 1 unspecified atom stereocenters. The number of hydrogen-bond donors (Lipinski definition) is 1. The van der Waals surface area contributed by atoms with Crippen molar-refractivity contribution in [2.24, 2.45) is 0 Å². The summed E-state index contributed by atoms with van der Waals surface area (Å²) in [6.45, 7) is 8.26. The van der Waals surface area contributed by atoms with E-state index in [1.165, 1.54) is 38.9 Å². The van der Waals surface area contributed by atoms with Crippen LogP contribution in [0, 0.1) is 0 Å². The van der Waals surface area contributed by atoms with E-state index in [4.69, 9.17) is 0 Å². The van der Waals surface area contributed by atoms with Gasteiger partial charge in [-0.25, -0.2) is 0 Å². The van der Waals surface area contributed by atoms with Crippen LogP contribution in [0.2, 0.25) is 0 Å². The van der Waals surface area contributed by atoms with E-state index in [0.29, 0.717) is 6.17 Å². The van der Waals surface area contributed by atoms with E-state index >= 15 is 0 Å². The van der Waals surface area contributed by atoms with Crippen LogP contribution in [-0.4, -0.2) is 30.7 Å². The van der Waals surface area contributed by atoms with Gasteiger partial charge in [-0.1, -0.05) is 13.3 Å². The van der Waals surface area contributed by atoms with Crippen LogP contribution in [0.15, 0.2) is 0 Å². The Hall–Kier alpha value is -0.0800. The van der Waals surface area contributed by atoms with Crippen LogP contribution >= 0.6 is 0 Å². The van der Waals surface area contributed by atoms with Gasteiger partial charge in [-0.15, -0.1) is 0 Å². The van der Waals surface area contributed by atoms with Gasteiger partial charge in [-0.3, -0.25) is 4.90 Å². The highest BCUT2D eigenvalue weighted by atomic mass is 15.3. The summed E-state index contributed by atoms with van der Waals surface area (Å²) >= 11 is 0. The van der Waals surface area contributed by atoms with Gasteiger partial charge in [0.2, 0.25) is 0 Å². The molecule has 66 valence electrons. The third-order valence-corrected chi connectivity index (χ3v) is 2.41. The third-order valence-electron chi connectivity index (χ3n) is 2.41. The van der Waals surface area contributed by atoms with E-state index < -0.39 is 0 Å². The maximum atomic E-state index is 3.47. The second-order valence-corrected chi connectivity index (χ2v) is 3.37. The minimum Gasteiger partial charge on any atom is -0.302 e. The topological polar surface area (TPSA) is 15.3 Å². The number of nitrogens with one attached hydrogen (secondary N) is 1. The van der Waals surface area contributed by atoms with Crippen LogP contribution in [0.25, 0.3) is 0 Å². The predicted molar refractivity (Wildman–Crippen MR) is 48.6 cm³/mol. The Morgan fingerprint density at radius 2 is 2.36 bits per heavy atom. The summed E-state index contributed by atoms with van der Waals surface area (Å²) in [5, 5.41) is 3.47. The van der Waals surface area contributed by atoms with Gasteiger partial charge in [0, 0.05) is 6.54 Å². The zero-order valence-corrected chi connectivity index (χ0v) is 7.77. The molecule has 1 atom stereocenters. The van der Waals surface area contributed by atoms with Crippen molar-refractivity contribution in [3.8, 4) is 0 Å². The van der Waals surface area contributed by atoms with Gasteiger partial charge in [-0.05, 0) is 32.9 Å². The average Bonchev–Trinajstić information content (AvgIpc) is 2.03. The van der Waals surface area contributed by atoms with Gasteiger partial charge in [0.1, 0.15) is 0 Å². The lowest BCUT2D eigenvalue weighted by molar-refractivity contribution is 0.142. The molecule has 0 aromatic rings. The van der Waals surface area contributed by atoms with E-state index in [1.54, 1.807) is 0 Å². The van der Waals surface area contributed by atoms with Gasteiger partial charge in [0.15, 0.2) is 0 Å². The summed E-state index contributed by atoms with van der Waals surface area (Å²) in [6, 6.07) is 0. The molecule has 1 aliphatic heterocycles. The molecule has 1 rings (SSSR count). The van der Waals surface area contributed by atoms with Crippen LogP contribution in [0.1, 0.15) is 33.1 Å². The maximum absolute atomic E-state index is 3.47. The molecule has 11 heavy (non-hydrogen) atoms. The normalized spacial score (nSPS) is 27.3. The van der Waals surface area contributed by atoms with E-state index in [1.807, 2.05) is 0 Å². The Labute approximate surface area is 70.0 Å². The van der Waals surface area contributed by atoms with Gasteiger partial charge in [0.05, 0.1) is 6.17 Å². The predicted octanol–water partition coefficient (Wildman–Crippen LogP) is 1.43. The quantitative estimate of drug-likeness (QED) is 0.665. The van der Waals surface area contributed by atoms with Crippen molar-refractivity contribution in [1.29, 1.82) is 0 Å². The first-order chi connectivity index (χ1) is 5.34. The number of hydrogen-bond acceptors (Lipinski definition) is 2. The molecule has 1 N–H and O–H groups in total. The Morgan fingerprint density at radius 1 is 1.55 bits per heavy atom. The molecule has 2 heteroatoms. The lowest BCUT2D eigenvalue weighted by atomic mass is 10.2. The average molecular weight is 156 g/mol. The van der Waals surface area contributed by atoms with Crippen LogP contribution in [0.5, 0.6) is 0 Å². The Bertz CT molecular complexity index is 104. The largest absolute Gasteiger partial charge is 0.302 e. The van der Waals surface area contributed by atoms with Crippen molar-refractivity contribution < 1.29 is 0 Å². The van der Waals surface area contributed by atoms with Crippen molar-refractivity contribution in [3.05, 3.63) is 0 Å². The molecule has 0 amide bonds. The van der Waals surface area contributed by atoms with Crippen LogP contribution in [0.3, 0.4) is 0 Å². The van der Waals surface area contributed by atoms with E-state index in [0.717, 1.165) is 0 Å². The fourth-order valence-electron chi connectivity index (χ4n) is 1.58. The molecule has 0 radical (unpaired) electrons. The third kappa shape index (κ3) is 2.80. The second kappa shape index (κ2) is 4.73. The summed E-state index contributed by atoms with van der Waals surface area (Å²) in [4.78, 5) is 2.53. The smallest absolute Gasteiger partial charge is 0.0567 e. The first-order valence-electron chi connectivity index (χ1n) is 4.82. The molecule has 0 bridgehead atoms. The highest BCUT2D eigenvalue weighted by molar-refractivity contribution is 4.70. The molecule has 2 nitrogen and oxygen atoms in total. The number of unbranched alkanes of at least 4 members (excludes halogenated alkanes) is 1. The molecule has 0 saturated carbocycles. The van der Waals surface area contributed by atoms with Crippen molar-refractivity contribution in [2.75, 3.05) is 19.6 Å². The molecular formula is C9H20N2. The van der Waals surface area contributed by atoms with Crippen molar-refractivity contribution in [2.45, 2.75) is 39.3 Å². The van der Waals surface area contributed by atoms with E-state index in [-0.39, 0.29) is 0 Å². The zero-order chi connectivity index (χ0) is 8.10. The maximum Gasteiger partial charge on any atom is 0.0567 e. The van der Waals surface area contributed by atoms with Crippen LogP contribution in [-0.2, 0) is 0 Å². The van der Waals surface area contributed by atoms with E-state index in [9.17, 15) is 0 Å². The lowest BCUT2D eigenvalue weighted by Crippen LogP contribution is -2.49. The highest BCUT2D eigenvalue weighted by Gasteiger charge is 2.15. The van der Waals surface area contributed by atoms with Crippen molar-refractivity contribution in [1.82, 2.24) is 10.2 Å². The van der Waals surface area contributed by atoms with Gasteiger partial charge in [-0.2, -0.15) is 0 Å². The summed E-state index contributed by atoms with van der Waals surface area (Å²) in [5.41, 5.74) is 0. The van der Waals surface area contributed by atoms with Crippen LogP contribution < -0.4 is 5.32 Å². The lowest BCUT2D eigenvalue weighted by Gasteiger charge is -2.34. The molecule has 1 fully saturated rings. The van der Waals surface area contributed by atoms with Crippen molar-refractivity contribution >= 4 is 0 Å². The van der Waals surface area contributed by atoms with Crippen molar-refractivity contribution in [3.63, 3.8) is 0 Å². The molecule has 0 aromatic carbocycles. The standard InChI is InChI=1S/C9H20N2/c1-3-4-7-11-8-5-6-10-9(11)2/h9-10H,3-8H2,1-2H3. The highest BCUT2D eigenvalue weighted by Crippen LogP contribution is 2.04. The molecule has 1 saturated heterocycles. The minimum atomic E-state index is 0.607. The molecule has 0 aromatic heterocycles. The van der Waals surface area contributed by atoms with Gasteiger partial charge < -0.3 is 5.32 Å². The second-order valence-electron chi connectivity index (χ2n) is 3.37. The van der Waals surface area contributed by atoms with Gasteiger partial charge in [0.25, 0.3) is 0 Å². The first kappa shape index (κ1) is 9.01. The molecule has 1 aliphatic rings. The Kier molecular flexibility index (Phi) is 3.87. The summed E-state index contributed by atoms with van der Waals surface area (Å²) in [5.74, 6) is 0. The monoisotopic (exact) mass is 156 g/mol. The fraction of sp³-hybridized carbons (Fsp3) is 1.00. The molecule has 0 spiro atoms. The summed E-state index contributed by atoms with van der Waals surface area (Å²) < 4.78 is 0. The Morgan fingerprint density at radius 3 is 3.00 bits per heavy atom. The SMILES string of the molecule is CCCCN1CCCNC1C. The zero-order valence-electron chi connectivity index (χ0n) is 7.77. The molecular weight excluding hydrogens is 136 g/mol. The molecule has 0 aliphatic carbocycles. The first-order valence-corrected chi connectivity index (χ1v) is 4.82. The summed E-state index contributed by atoms with van der Waals surface area (Å²) in [7, 11) is 0. The summed E-state index contributed by atoms with van der Waals surface area (Å²) in [6.07, 6.45) is 4.57. The minimum absolute atomic E-state index is 0.607. The Balaban J connectivity index is 2.18. The van der Waals surface area contributed by atoms with E-state index in [2.05, 4.69) is 24.1 Å². The van der Waals surface area contributed by atoms with Gasteiger partial charge >= 0.3 is 0 Å². The van der Waals surface area contributed by atoms with Crippen LogP contribution in [0.4, 0.5) is 0 Å².